The predicted octanol–water partition coefficient (Wildman–Crippen LogP) is -0.847. The molecule has 0 spiro atoms. The first-order valence-corrected chi connectivity index (χ1v) is 25.6. The van der Waals surface area contributed by atoms with E-state index in [9.17, 15) is 73.2 Å². The van der Waals surface area contributed by atoms with E-state index in [1.54, 1.807) is 71.9 Å². The molecule has 0 heterocycles. The fraction of sp³-hybridized carbons (Fsp3) is 0.646. The van der Waals surface area contributed by atoms with Gasteiger partial charge in [0.05, 0.1) is 12.6 Å². The second-order valence-corrected chi connectivity index (χ2v) is 20.0. The zero-order valence-electron chi connectivity index (χ0n) is 42.9. The highest BCUT2D eigenvalue weighted by atomic mass is 32.2. The highest BCUT2D eigenvalue weighted by Crippen LogP contribution is 2.13. The molecule has 0 fully saturated rings. The van der Waals surface area contributed by atoms with Crippen molar-refractivity contribution in [2.24, 2.45) is 23.5 Å². The molecule has 1 rings (SSSR count). The molecule has 73 heavy (non-hydrogen) atoms. The molecule has 0 radical (unpaired) electrons. The number of aliphatic carboxylic acids is 3. The van der Waals surface area contributed by atoms with Gasteiger partial charge in [0.15, 0.2) is 0 Å². The van der Waals surface area contributed by atoms with Gasteiger partial charge in [-0.05, 0) is 80.8 Å². The van der Waals surface area contributed by atoms with E-state index in [1.807, 2.05) is 6.26 Å². The minimum atomic E-state index is -1.73. The number of hydrogen-bond donors (Lipinski definition) is 13. The first kappa shape index (κ1) is 64.7. The van der Waals surface area contributed by atoms with Crippen LogP contribution in [-0.4, -0.2) is 159 Å². The van der Waals surface area contributed by atoms with Crippen molar-refractivity contribution in [3.05, 3.63) is 35.9 Å². The molecule has 0 unspecified atom stereocenters. The normalized spacial score (nSPS) is 14.9. The Kier molecular flexibility index (Phi) is 29.6. The number of rotatable bonds is 35. The summed E-state index contributed by atoms with van der Waals surface area (Å²) in [5, 5.41) is 58.3. The van der Waals surface area contributed by atoms with Gasteiger partial charge in [0, 0.05) is 19.3 Å². The lowest BCUT2D eigenvalue weighted by Crippen LogP contribution is -2.61. The SMILES string of the molecule is CSCC[C@H](N)C(=O)N[C@@H](CCC(=O)O)C(=O)N[C@@H](Cc1ccccc1)C(=O)N[C@@H](CC(C)C)C(=O)N[C@@H](CO)C(=O)N[C@@H](CC(C)C)C(=O)N[C@@H](CCC(=O)O)C(=O)N[C@@H](CC(C)C)C(=O)N[C@@H](C)C(=O)O. The van der Waals surface area contributed by atoms with E-state index in [0.29, 0.717) is 11.3 Å². The molecule has 8 amide bonds. The van der Waals surface area contributed by atoms with Crippen molar-refractivity contribution in [3.63, 3.8) is 0 Å². The fourth-order valence-corrected chi connectivity index (χ4v) is 7.59. The number of carboxylic acids is 3. The third kappa shape index (κ3) is 25.7. The van der Waals surface area contributed by atoms with Crippen LogP contribution in [0.1, 0.15) is 105 Å². The predicted molar refractivity (Wildman–Crippen MR) is 269 cm³/mol. The van der Waals surface area contributed by atoms with Gasteiger partial charge in [0.2, 0.25) is 47.3 Å². The number of aliphatic hydroxyl groups excluding tert-OH is 1. The molecule has 25 heteroatoms. The van der Waals surface area contributed by atoms with Crippen LogP contribution < -0.4 is 48.3 Å². The summed E-state index contributed by atoms with van der Waals surface area (Å²) in [6, 6.07) is -4.08. The largest absolute Gasteiger partial charge is 0.481 e. The first-order chi connectivity index (χ1) is 34.2. The van der Waals surface area contributed by atoms with Crippen molar-refractivity contribution >= 4 is 76.9 Å². The third-order valence-corrected chi connectivity index (χ3v) is 11.7. The van der Waals surface area contributed by atoms with E-state index >= 15 is 0 Å². The van der Waals surface area contributed by atoms with Crippen molar-refractivity contribution in [3.8, 4) is 0 Å². The highest BCUT2D eigenvalue weighted by molar-refractivity contribution is 7.98. The highest BCUT2D eigenvalue weighted by Gasteiger charge is 2.35. The molecule has 24 nitrogen and oxygen atoms in total. The minimum Gasteiger partial charge on any atom is -0.481 e. The number of thioether (sulfide) groups is 1. The van der Waals surface area contributed by atoms with Crippen LogP contribution in [0.3, 0.4) is 0 Å². The summed E-state index contributed by atoms with van der Waals surface area (Å²) < 4.78 is 0. The number of carbonyl (C=O) groups excluding carboxylic acids is 8. The molecule has 1 aromatic rings. The van der Waals surface area contributed by atoms with E-state index in [4.69, 9.17) is 5.73 Å². The Morgan fingerprint density at radius 3 is 1.21 bits per heavy atom. The van der Waals surface area contributed by atoms with Crippen LogP contribution in [0.15, 0.2) is 30.3 Å². The maximum absolute atomic E-state index is 14.2. The molecule has 14 N–H and O–H groups in total. The molecule has 0 aliphatic heterocycles. The number of carboxylic acid groups (broad SMARTS) is 3. The lowest BCUT2D eigenvalue weighted by molar-refractivity contribution is -0.142. The number of hydrogen-bond acceptors (Lipinski definition) is 14. The lowest BCUT2D eigenvalue weighted by atomic mass is 10.00. The van der Waals surface area contributed by atoms with Gasteiger partial charge in [-0.2, -0.15) is 11.8 Å². The molecule has 0 bridgehead atoms. The number of aliphatic hydroxyl groups is 1. The summed E-state index contributed by atoms with van der Waals surface area (Å²) in [4.78, 5) is 144. The van der Waals surface area contributed by atoms with Crippen molar-refractivity contribution in [2.45, 2.75) is 161 Å². The number of amides is 8. The summed E-state index contributed by atoms with van der Waals surface area (Å²) in [5.74, 6) is -11.3. The van der Waals surface area contributed by atoms with Gasteiger partial charge in [0.25, 0.3) is 0 Å². The van der Waals surface area contributed by atoms with Gasteiger partial charge in [0.1, 0.15) is 48.3 Å². The van der Waals surface area contributed by atoms with Gasteiger partial charge in [-0.25, -0.2) is 0 Å². The Bertz CT molecular complexity index is 2030. The van der Waals surface area contributed by atoms with E-state index in [2.05, 4.69) is 42.5 Å². The summed E-state index contributed by atoms with van der Waals surface area (Å²) in [6.45, 7) is 10.6. The van der Waals surface area contributed by atoms with Gasteiger partial charge in [-0.1, -0.05) is 71.9 Å². The second-order valence-electron chi connectivity index (χ2n) is 19.0. The molecule has 0 aliphatic rings. The zero-order chi connectivity index (χ0) is 55.5. The van der Waals surface area contributed by atoms with E-state index in [-0.39, 0.29) is 56.3 Å². The molecular formula is C48H77N9O15S. The summed E-state index contributed by atoms with van der Waals surface area (Å²) in [6.07, 6.45) is -0.00691. The third-order valence-electron chi connectivity index (χ3n) is 11.0. The molecule has 1 aromatic carbocycles. The molecule has 410 valence electrons. The maximum atomic E-state index is 14.2. The van der Waals surface area contributed by atoms with Crippen LogP contribution in [0, 0.1) is 17.8 Å². The lowest BCUT2D eigenvalue weighted by Gasteiger charge is -2.28. The van der Waals surface area contributed by atoms with Crippen molar-refractivity contribution in [2.75, 3.05) is 18.6 Å². The van der Waals surface area contributed by atoms with Gasteiger partial charge >= 0.3 is 17.9 Å². The van der Waals surface area contributed by atoms with Crippen LogP contribution in [0.5, 0.6) is 0 Å². The molecule has 9 atom stereocenters. The Labute approximate surface area is 430 Å². The standard InChI is InChI=1S/C48H77N9O15S/c1-25(2)20-33(43(66)50-28(7)48(71)72)53-42(65)32(15-17-39(61)62)52-44(67)34(21-26(3)4)55-47(70)37(24-58)57-45(68)35(22-27(5)6)54-46(69)36(23-29-12-10-9-11-13-29)56-41(64)31(14-16-38(59)60)51-40(63)30(49)18-19-73-8/h9-13,25-28,30-37,58H,14-24,49H2,1-8H3,(H,50,66)(H,51,63)(H,52,67)(H,53,65)(H,54,69)(H,55,70)(H,56,64)(H,57,68)(H,59,60)(H,61,62)(H,71,72)/t28-,30-,31-,32-,33-,34-,35-,36-,37-/m0/s1. The summed E-state index contributed by atoms with van der Waals surface area (Å²) >= 11 is 1.45. The van der Waals surface area contributed by atoms with Gasteiger partial charge in [-0.3, -0.25) is 52.7 Å². The topological polar surface area (TPSA) is 391 Å². The molecule has 0 saturated carbocycles. The Morgan fingerprint density at radius 1 is 0.479 bits per heavy atom. The number of nitrogens with one attached hydrogen (secondary N) is 8. The fourth-order valence-electron chi connectivity index (χ4n) is 7.10. The Hall–Kier alpha value is -6.34. The van der Waals surface area contributed by atoms with Crippen LogP contribution in [0.2, 0.25) is 0 Å². The van der Waals surface area contributed by atoms with E-state index < -0.39 is 145 Å². The number of benzene rings is 1. The van der Waals surface area contributed by atoms with Crippen molar-refractivity contribution in [1.82, 2.24) is 42.5 Å². The summed E-state index contributed by atoms with van der Waals surface area (Å²) in [5.41, 5.74) is 6.59. The molecule has 0 aromatic heterocycles. The Morgan fingerprint density at radius 2 is 0.822 bits per heavy atom. The van der Waals surface area contributed by atoms with Gasteiger partial charge in [-0.15, -0.1) is 0 Å². The van der Waals surface area contributed by atoms with Crippen molar-refractivity contribution < 1.29 is 73.2 Å². The van der Waals surface area contributed by atoms with Gasteiger partial charge < -0.3 is 68.7 Å². The molecular weight excluding hydrogens is 975 g/mol. The average Bonchev–Trinajstić information content (AvgIpc) is 3.30. The van der Waals surface area contributed by atoms with Crippen LogP contribution in [-0.2, 0) is 59.2 Å². The monoisotopic (exact) mass is 1050 g/mol. The van der Waals surface area contributed by atoms with Crippen LogP contribution >= 0.6 is 11.8 Å². The van der Waals surface area contributed by atoms with E-state index in [1.165, 1.54) is 18.7 Å². The minimum absolute atomic E-state index is 0.0228. The van der Waals surface area contributed by atoms with E-state index in [0.717, 1.165) is 0 Å². The molecule has 0 saturated heterocycles. The zero-order valence-corrected chi connectivity index (χ0v) is 43.7. The molecule has 0 aliphatic carbocycles. The maximum Gasteiger partial charge on any atom is 0.325 e. The number of nitrogens with two attached hydrogens (primary N) is 1. The first-order valence-electron chi connectivity index (χ1n) is 24.2. The smallest absolute Gasteiger partial charge is 0.325 e. The average molecular weight is 1050 g/mol. The van der Waals surface area contributed by atoms with Crippen LogP contribution in [0.25, 0.3) is 0 Å². The Balaban J connectivity index is 3.45. The summed E-state index contributed by atoms with van der Waals surface area (Å²) in [7, 11) is 0. The second kappa shape index (κ2) is 33.4. The van der Waals surface area contributed by atoms with Crippen LogP contribution in [0.4, 0.5) is 0 Å². The number of carbonyl (C=O) groups is 11. The quantitative estimate of drug-likeness (QED) is 0.0394. The van der Waals surface area contributed by atoms with Crippen molar-refractivity contribution in [1.29, 1.82) is 0 Å².